The molecule has 1 aliphatic heterocycles. The van der Waals surface area contributed by atoms with Crippen molar-refractivity contribution in [1.29, 1.82) is 5.26 Å². The van der Waals surface area contributed by atoms with E-state index in [0.29, 0.717) is 30.8 Å². The van der Waals surface area contributed by atoms with Crippen molar-refractivity contribution in [2.45, 2.75) is 23.9 Å². The Morgan fingerprint density at radius 3 is 2.52 bits per heavy atom. The monoisotopic (exact) mass is 419 g/mol. The van der Waals surface area contributed by atoms with Crippen molar-refractivity contribution in [3.8, 4) is 17.7 Å². The van der Waals surface area contributed by atoms with E-state index in [1.54, 1.807) is 18.2 Å². The smallest absolute Gasteiger partial charge is 0.247 e. The first-order chi connectivity index (χ1) is 13.9. The van der Waals surface area contributed by atoms with Gasteiger partial charge in [0.05, 0.1) is 14.2 Å². The van der Waals surface area contributed by atoms with E-state index in [1.807, 2.05) is 0 Å². The fourth-order valence-electron chi connectivity index (χ4n) is 3.36. The van der Waals surface area contributed by atoms with Crippen LogP contribution >= 0.6 is 0 Å². The van der Waals surface area contributed by atoms with Crippen LogP contribution in [0, 0.1) is 17.3 Å². The summed E-state index contributed by atoms with van der Waals surface area (Å²) in [5.41, 5.74) is 0.646. The Hall–Kier alpha value is -2.83. The van der Waals surface area contributed by atoms with E-state index in [4.69, 9.17) is 9.47 Å². The Labute approximate surface area is 169 Å². The number of nitriles is 1. The van der Waals surface area contributed by atoms with E-state index in [9.17, 15) is 18.1 Å². The second kappa shape index (κ2) is 8.68. The van der Waals surface area contributed by atoms with Crippen LogP contribution in [-0.4, -0.2) is 51.0 Å². The zero-order valence-corrected chi connectivity index (χ0v) is 17.0. The van der Waals surface area contributed by atoms with E-state index in [2.05, 4.69) is 6.19 Å². The number of halogens is 1. The fraction of sp³-hybridized carbons (Fsp3) is 0.350. The van der Waals surface area contributed by atoms with Gasteiger partial charge < -0.3 is 14.4 Å². The summed E-state index contributed by atoms with van der Waals surface area (Å²) in [5.74, 6) is 0.190. The second-order valence-electron chi connectivity index (χ2n) is 6.68. The molecule has 0 amide bonds. The predicted octanol–water partition coefficient (Wildman–Crippen LogP) is 2.59. The van der Waals surface area contributed by atoms with Gasteiger partial charge in [-0.15, -0.1) is 0 Å². The third kappa shape index (κ3) is 4.44. The van der Waals surface area contributed by atoms with E-state index in [1.165, 1.54) is 47.7 Å². The number of ether oxygens (including phenoxy) is 2. The van der Waals surface area contributed by atoms with Crippen LogP contribution in [0.15, 0.2) is 47.4 Å². The lowest BCUT2D eigenvalue weighted by Crippen LogP contribution is -2.41. The minimum Gasteiger partial charge on any atom is -0.497 e. The molecule has 1 saturated heterocycles. The van der Waals surface area contributed by atoms with E-state index >= 15 is 0 Å². The molecule has 1 atom stereocenters. The normalized spacial score (nSPS) is 16.7. The average Bonchev–Trinajstić information content (AvgIpc) is 3.21. The molecule has 1 fully saturated rings. The number of hydrogen-bond acceptors (Lipinski definition) is 6. The van der Waals surface area contributed by atoms with Gasteiger partial charge in [-0.1, -0.05) is 12.1 Å². The number of methoxy groups -OCH3 is 2. The van der Waals surface area contributed by atoms with E-state index < -0.39 is 21.9 Å². The lowest BCUT2D eigenvalue weighted by atomic mass is 10.2. The van der Waals surface area contributed by atoms with Gasteiger partial charge in [0.2, 0.25) is 10.0 Å². The topological polar surface area (TPSA) is 82.9 Å². The molecule has 3 rings (SSSR count). The number of nitrogens with zero attached hydrogens (tertiary/aromatic N) is 3. The van der Waals surface area contributed by atoms with Crippen LogP contribution in [0.2, 0.25) is 0 Å². The zero-order valence-electron chi connectivity index (χ0n) is 16.2. The molecule has 7 nitrogen and oxygen atoms in total. The molecule has 0 N–H and O–H groups in total. The van der Waals surface area contributed by atoms with Crippen molar-refractivity contribution in [1.82, 2.24) is 9.21 Å². The van der Waals surface area contributed by atoms with Crippen molar-refractivity contribution in [3.63, 3.8) is 0 Å². The number of sulfonamides is 1. The summed E-state index contributed by atoms with van der Waals surface area (Å²) in [6, 6.07) is 9.87. The molecule has 0 aromatic heterocycles. The van der Waals surface area contributed by atoms with Gasteiger partial charge in [0.15, 0.2) is 6.19 Å². The van der Waals surface area contributed by atoms with Gasteiger partial charge in [-0.3, -0.25) is 0 Å². The summed E-state index contributed by atoms with van der Waals surface area (Å²) < 4.78 is 52.4. The molecule has 1 heterocycles. The molecule has 0 unspecified atom stereocenters. The first-order valence-corrected chi connectivity index (χ1v) is 10.5. The Balaban J connectivity index is 2.04. The van der Waals surface area contributed by atoms with Crippen LogP contribution in [0.25, 0.3) is 0 Å². The molecule has 0 radical (unpaired) electrons. The molecule has 0 aliphatic carbocycles. The number of likely N-dealkylation sites (tertiary alicyclic amines) is 1. The van der Waals surface area contributed by atoms with Crippen molar-refractivity contribution in [2.24, 2.45) is 0 Å². The number of benzene rings is 2. The second-order valence-corrected chi connectivity index (χ2v) is 8.54. The maximum atomic E-state index is 13.6. The van der Waals surface area contributed by atoms with Crippen LogP contribution in [0.5, 0.6) is 11.5 Å². The van der Waals surface area contributed by atoms with Crippen LogP contribution in [-0.2, 0) is 16.6 Å². The highest BCUT2D eigenvalue weighted by Crippen LogP contribution is 2.33. The van der Waals surface area contributed by atoms with Crippen molar-refractivity contribution in [3.05, 3.63) is 53.8 Å². The number of hydrogen-bond donors (Lipinski definition) is 0. The molecule has 0 saturated carbocycles. The van der Waals surface area contributed by atoms with Gasteiger partial charge in [0.1, 0.15) is 22.2 Å². The maximum Gasteiger partial charge on any atom is 0.247 e. The molecule has 154 valence electrons. The minimum absolute atomic E-state index is 0.0168. The van der Waals surface area contributed by atoms with Gasteiger partial charge in [-0.05, 0) is 36.2 Å². The molecule has 0 spiro atoms. The Kier molecular flexibility index (Phi) is 6.25. The van der Waals surface area contributed by atoms with Gasteiger partial charge in [0.25, 0.3) is 0 Å². The molecule has 2 aromatic rings. The molecule has 0 bridgehead atoms. The van der Waals surface area contributed by atoms with Crippen molar-refractivity contribution in [2.75, 3.05) is 27.3 Å². The lowest BCUT2D eigenvalue weighted by molar-refractivity contribution is 0.311. The quantitative estimate of drug-likeness (QED) is 0.642. The third-order valence-electron chi connectivity index (χ3n) is 4.92. The fourth-order valence-corrected chi connectivity index (χ4v) is 5.17. The summed E-state index contributed by atoms with van der Waals surface area (Å²) in [5, 5.41) is 9.19. The summed E-state index contributed by atoms with van der Waals surface area (Å²) in [7, 11) is -1.15. The molecule has 1 aliphatic rings. The number of rotatable bonds is 7. The van der Waals surface area contributed by atoms with Gasteiger partial charge >= 0.3 is 0 Å². The third-order valence-corrected chi connectivity index (χ3v) is 6.84. The highest BCUT2D eigenvalue weighted by atomic mass is 32.2. The molecule has 29 heavy (non-hydrogen) atoms. The van der Waals surface area contributed by atoms with Crippen LogP contribution in [0.1, 0.15) is 12.0 Å². The lowest BCUT2D eigenvalue weighted by Gasteiger charge is -2.28. The summed E-state index contributed by atoms with van der Waals surface area (Å²) in [4.78, 5) is 1.51. The highest BCUT2D eigenvalue weighted by molar-refractivity contribution is 7.89. The van der Waals surface area contributed by atoms with Gasteiger partial charge in [-0.25, -0.2) is 12.8 Å². The molecular formula is C20H22FN3O4S. The average molecular weight is 419 g/mol. The van der Waals surface area contributed by atoms with Crippen LogP contribution in [0.4, 0.5) is 4.39 Å². The summed E-state index contributed by atoms with van der Waals surface area (Å²) >= 11 is 0. The van der Waals surface area contributed by atoms with Gasteiger partial charge in [0, 0.05) is 31.7 Å². The van der Waals surface area contributed by atoms with Crippen molar-refractivity contribution < 1.29 is 22.3 Å². The highest BCUT2D eigenvalue weighted by Gasteiger charge is 2.37. The molecule has 2 aromatic carbocycles. The van der Waals surface area contributed by atoms with E-state index in [-0.39, 0.29) is 17.2 Å². The largest absolute Gasteiger partial charge is 0.497 e. The summed E-state index contributed by atoms with van der Waals surface area (Å²) in [6.45, 7) is 0.821. The van der Waals surface area contributed by atoms with Crippen LogP contribution in [0.3, 0.4) is 0 Å². The molecule has 9 heteroatoms. The Morgan fingerprint density at radius 2 is 1.93 bits per heavy atom. The standard InChI is InChI=1S/C20H22FN3O4S/c1-27-18-7-8-19(28-2)20(11-18)29(25,26)24(17-9-10-23(13-17)14-22)12-15-3-5-16(21)6-4-15/h3-8,11,17H,9-10,12-13H2,1-2H3/t17-/m1/s1. The van der Waals surface area contributed by atoms with Crippen molar-refractivity contribution >= 4 is 10.0 Å². The minimum atomic E-state index is -4.00. The molecular weight excluding hydrogens is 397 g/mol. The Morgan fingerprint density at radius 1 is 1.21 bits per heavy atom. The maximum absolute atomic E-state index is 13.6. The first-order valence-electron chi connectivity index (χ1n) is 9.02. The first kappa shape index (κ1) is 20.9. The van der Waals surface area contributed by atoms with Gasteiger partial charge in [-0.2, -0.15) is 9.57 Å². The van der Waals surface area contributed by atoms with E-state index in [0.717, 1.165) is 0 Å². The predicted molar refractivity (Wildman–Crippen MR) is 104 cm³/mol. The zero-order chi connectivity index (χ0) is 21.0. The Bertz CT molecular complexity index is 1010. The summed E-state index contributed by atoms with van der Waals surface area (Å²) in [6.07, 6.45) is 2.58. The van der Waals surface area contributed by atoms with Crippen LogP contribution < -0.4 is 9.47 Å². The SMILES string of the molecule is COc1ccc(OC)c(S(=O)(=O)N(Cc2ccc(F)cc2)[C@@H]2CCN(C#N)C2)c1.